The number of nitrogens with zero attached hydrogens (tertiary/aromatic N) is 5. The molecule has 1 aliphatic carbocycles. The van der Waals surface area contributed by atoms with Crippen LogP contribution in [-0.4, -0.2) is 95.1 Å². The van der Waals surface area contributed by atoms with Crippen LogP contribution in [0.4, 0.5) is 5.69 Å². The van der Waals surface area contributed by atoms with Crippen LogP contribution in [0.2, 0.25) is 0 Å². The molecular formula is C44H48N6O6. The van der Waals surface area contributed by atoms with Crippen LogP contribution < -0.4 is 15.0 Å². The zero-order chi connectivity index (χ0) is 38.2. The van der Waals surface area contributed by atoms with E-state index in [1.807, 2.05) is 36.8 Å². The van der Waals surface area contributed by atoms with Gasteiger partial charge >= 0.3 is 0 Å². The van der Waals surface area contributed by atoms with Crippen molar-refractivity contribution in [1.82, 2.24) is 24.8 Å². The van der Waals surface area contributed by atoms with Gasteiger partial charge in [-0.25, -0.2) is 4.98 Å². The van der Waals surface area contributed by atoms with Gasteiger partial charge in [0.25, 0.3) is 5.91 Å². The van der Waals surface area contributed by atoms with Crippen LogP contribution in [-0.2, 0) is 32.6 Å². The van der Waals surface area contributed by atoms with Gasteiger partial charge in [0.1, 0.15) is 12.1 Å². The highest BCUT2D eigenvalue weighted by Gasteiger charge is 2.39. The maximum atomic E-state index is 13.0. The van der Waals surface area contributed by atoms with Crippen LogP contribution >= 0.6 is 0 Å². The lowest BCUT2D eigenvalue weighted by Gasteiger charge is -2.40. The van der Waals surface area contributed by atoms with Gasteiger partial charge in [0.05, 0.1) is 17.7 Å². The van der Waals surface area contributed by atoms with Gasteiger partial charge in [-0.15, -0.1) is 0 Å². The normalized spacial score (nSPS) is 21.0. The average Bonchev–Trinajstić information content (AvgIpc) is 3.65. The summed E-state index contributed by atoms with van der Waals surface area (Å²) in [6.45, 7) is 8.62. The van der Waals surface area contributed by atoms with Gasteiger partial charge in [-0.05, 0) is 73.2 Å². The highest BCUT2D eigenvalue weighted by Crippen LogP contribution is 2.34. The third kappa shape index (κ3) is 7.36. The Bertz CT molecular complexity index is 2260. The number of hydrogen-bond donors (Lipinski definition) is 1. The van der Waals surface area contributed by atoms with Gasteiger partial charge in [-0.2, -0.15) is 0 Å². The molecule has 6 heterocycles. The quantitative estimate of drug-likeness (QED) is 0.125. The molecule has 56 heavy (non-hydrogen) atoms. The molecule has 3 fully saturated rings. The van der Waals surface area contributed by atoms with Gasteiger partial charge in [0.15, 0.2) is 0 Å². The van der Waals surface area contributed by atoms with E-state index in [1.165, 1.54) is 16.4 Å². The number of benzene rings is 2. The van der Waals surface area contributed by atoms with Crippen molar-refractivity contribution in [3.05, 3.63) is 96.6 Å². The number of amides is 2. The second-order valence-electron chi connectivity index (χ2n) is 15.4. The van der Waals surface area contributed by atoms with Gasteiger partial charge in [0.2, 0.25) is 11.8 Å². The number of hydrogen-bond acceptors (Lipinski definition) is 9. The molecule has 3 aliphatic heterocycles. The number of aryl methyl sites for hydroxylation is 1. The van der Waals surface area contributed by atoms with Gasteiger partial charge in [0, 0.05) is 129 Å². The molecule has 0 radical (unpaired) electrons. The van der Waals surface area contributed by atoms with E-state index in [4.69, 9.17) is 18.9 Å². The van der Waals surface area contributed by atoms with E-state index < -0.39 is 6.04 Å². The third-order valence-electron chi connectivity index (χ3n) is 11.6. The maximum absolute atomic E-state index is 13.0. The number of allylic oxidation sites excluding steroid dienone is 1. The second kappa shape index (κ2) is 15.7. The minimum Gasteiger partial charge on any atom is -0.474 e. The molecule has 1 unspecified atom stereocenters. The lowest BCUT2D eigenvalue weighted by atomic mass is 9.92. The number of piperidine rings is 1. The van der Waals surface area contributed by atoms with Crippen molar-refractivity contribution < 1.29 is 28.5 Å². The molecule has 0 bridgehead atoms. The minimum absolute atomic E-state index is 0.0707. The van der Waals surface area contributed by atoms with Gasteiger partial charge in [-0.3, -0.25) is 14.6 Å². The average molecular weight is 757 g/mol. The summed E-state index contributed by atoms with van der Waals surface area (Å²) in [7, 11) is 2.09. The summed E-state index contributed by atoms with van der Waals surface area (Å²) in [6, 6.07) is 18.1. The van der Waals surface area contributed by atoms with E-state index in [0.717, 1.165) is 72.2 Å². The number of fused-ring (bicyclic) bond motifs is 4. The van der Waals surface area contributed by atoms with Crippen LogP contribution in [0, 0.1) is 0 Å². The number of nitrogens with one attached hydrogen (secondary N) is 1. The van der Waals surface area contributed by atoms with Crippen molar-refractivity contribution in [2.75, 3.05) is 44.4 Å². The molecule has 1 saturated carbocycles. The highest BCUT2D eigenvalue weighted by atomic mass is 16.5. The summed E-state index contributed by atoms with van der Waals surface area (Å²) in [6.07, 6.45) is 10.9. The molecule has 5 aromatic rings. The van der Waals surface area contributed by atoms with Gasteiger partial charge in [-0.1, -0.05) is 18.7 Å². The first-order valence-electron chi connectivity index (χ1n) is 19.8. The largest absolute Gasteiger partial charge is 0.474 e. The Labute approximate surface area is 326 Å². The number of ether oxygens (including phenoxy) is 4. The van der Waals surface area contributed by atoms with Crippen LogP contribution in [0.3, 0.4) is 0 Å². The highest BCUT2D eigenvalue weighted by molar-refractivity contribution is 6.08. The predicted octanol–water partition coefficient (Wildman–Crippen LogP) is 6.17. The number of aromatic nitrogens is 3. The van der Waals surface area contributed by atoms with Crippen molar-refractivity contribution in [1.29, 1.82) is 0 Å². The first-order chi connectivity index (χ1) is 27.4. The van der Waals surface area contributed by atoms with Gasteiger partial charge < -0.3 is 38.6 Å². The first kappa shape index (κ1) is 36.3. The van der Waals surface area contributed by atoms with E-state index in [1.54, 1.807) is 4.90 Å². The van der Waals surface area contributed by atoms with E-state index in [-0.39, 0.29) is 30.1 Å². The summed E-state index contributed by atoms with van der Waals surface area (Å²) in [5, 5.41) is 5.16. The topological polar surface area (TPSA) is 120 Å². The Kier molecular flexibility index (Phi) is 10.2. The fraction of sp³-hybridized carbons (Fsp3) is 0.409. The summed E-state index contributed by atoms with van der Waals surface area (Å²) in [5.41, 5.74) is 7.98. The standard InChI is InChI=1S/C44H48N6O6/c1-28-5-11-40(43(51)47-28)50-25-31-19-32(8-10-36(31)44(50)52)49-26-35(27-49)55-18-4-16-53-15-3-17-54-33-21-34(22-33)56-42-12-7-30(23-46-42)29-6-9-37-38-24-45-14-13-39(38)48(2)41(37)20-29/h6-10,12-14,19-20,23-24,33-35,40H,1,3-5,11,15-18,21-22,25-27H2,2H3,(H,47,51). The fourth-order valence-corrected chi connectivity index (χ4v) is 8.29. The molecule has 2 amide bonds. The zero-order valence-electron chi connectivity index (χ0n) is 31.8. The van der Waals surface area contributed by atoms with Crippen molar-refractivity contribution in [2.45, 2.75) is 69.4 Å². The molecule has 0 spiro atoms. The number of carbonyl (C=O) groups is 2. The number of pyridine rings is 2. The Balaban J connectivity index is 0.611. The monoisotopic (exact) mass is 756 g/mol. The molecule has 12 nitrogen and oxygen atoms in total. The first-order valence-corrected chi connectivity index (χ1v) is 19.8. The van der Waals surface area contributed by atoms with Crippen molar-refractivity contribution in [3.8, 4) is 17.0 Å². The van der Waals surface area contributed by atoms with Crippen LogP contribution in [0.1, 0.15) is 54.4 Å². The van der Waals surface area contributed by atoms with Crippen molar-refractivity contribution >= 4 is 39.3 Å². The molecule has 2 saturated heterocycles. The summed E-state index contributed by atoms with van der Waals surface area (Å²) < 4.78 is 26.3. The fourth-order valence-electron chi connectivity index (χ4n) is 8.29. The molecule has 3 aromatic heterocycles. The Morgan fingerprint density at radius 1 is 0.839 bits per heavy atom. The number of rotatable bonds is 15. The molecule has 4 aliphatic rings. The van der Waals surface area contributed by atoms with Crippen LogP contribution in [0.25, 0.3) is 32.9 Å². The molecule has 12 heteroatoms. The SMILES string of the molecule is C=C1CCC(N2Cc3cc(N4CC(OCCCOCCCOC5CC(Oc6ccc(-c7ccc8c9cnccc9n(C)c8c7)cn6)C5)C4)ccc3C2=O)C(=O)N1. The van der Waals surface area contributed by atoms with E-state index >= 15 is 0 Å². The molecule has 290 valence electrons. The summed E-state index contributed by atoms with van der Waals surface area (Å²) in [4.78, 5) is 38.4. The van der Waals surface area contributed by atoms with Crippen LogP contribution in [0.5, 0.6) is 5.88 Å². The minimum atomic E-state index is -0.442. The lowest BCUT2D eigenvalue weighted by Crippen LogP contribution is -2.52. The Morgan fingerprint density at radius 2 is 1.64 bits per heavy atom. The Hall–Kier alpha value is -5.30. The van der Waals surface area contributed by atoms with Crippen LogP contribution in [0.15, 0.2) is 85.5 Å². The molecule has 9 rings (SSSR count). The number of anilines is 1. The smallest absolute Gasteiger partial charge is 0.255 e. The summed E-state index contributed by atoms with van der Waals surface area (Å²) in [5.74, 6) is 0.433. The van der Waals surface area contributed by atoms with E-state index in [0.29, 0.717) is 57.3 Å². The van der Waals surface area contributed by atoms with Crippen molar-refractivity contribution in [3.63, 3.8) is 0 Å². The van der Waals surface area contributed by atoms with Crippen molar-refractivity contribution in [2.24, 2.45) is 7.05 Å². The van der Waals surface area contributed by atoms with E-state index in [9.17, 15) is 9.59 Å². The zero-order valence-corrected chi connectivity index (χ0v) is 31.8. The number of carbonyl (C=O) groups excluding carboxylic acids is 2. The third-order valence-corrected chi connectivity index (χ3v) is 11.6. The molecule has 1 atom stereocenters. The maximum Gasteiger partial charge on any atom is 0.255 e. The van der Waals surface area contributed by atoms with E-state index in [2.05, 4.69) is 74.8 Å². The predicted molar refractivity (Wildman–Crippen MR) is 213 cm³/mol. The Morgan fingerprint density at radius 3 is 2.43 bits per heavy atom. The second-order valence-corrected chi connectivity index (χ2v) is 15.4. The summed E-state index contributed by atoms with van der Waals surface area (Å²) >= 11 is 0. The molecule has 2 aromatic carbocycles. The lowest BCUT2D eigenvalue weighted by molar-refractivity contribution is -0.126. The molecule has 1 N–H and O–H groups in total. The molecular weight excluding hydrogens is 709 g/mol.